The second-order valence-corrected chi connectivity index (χ2v) is 4.32. The van der Waals surface area contributed by atoms with E-state index in [1.807, 2.05) is 0 Å². The Kier molecular flexibility index (Phi) is 2.19. The fourth-order valence-electron chi connectivity index (χ4n) is 2.89. The molecule has 0 aromatic heterocycles. The first-order valence-electron chi connectivity index (χ1n) is 5.17. The summed E-state index contributed by atoms with van der Waals surface area (Å²) in [6.45, 7) is 7.23. The van der Waals surface area contributed by atoms with E-state index in [1.165, 1.54) is 0 Å². The molecule has 0 spiro atoms. The van der Waals surface area contributed by atoms with E-state index in [9.17, 15) is 0 Å². The summed E-state index contributed by atoms with van der Waals surface area (Å²) in [7, 11) is 5.93. The van der Waals surface area contributed by atoms with Crippen LogP contribution in [0, 0.1) is 11.8 Å². The van der Waals surface area contributed by atoms with Crippen LogP contribution in [0.15, 0.2) is 0 Å². The predicted octanol–water partition coefficient (Wildman–Crippen LogP) is 1.33. The third-order valence-corrected chi connectivity index (χ3v) is 3.97. The minimum absolute atomic E-state index is 0.123. The Morgan fingerprint density at radius 2 is 2.15 bits per heavy atom. The van der Waals surface area contributed by atoms with Gasteiger partial charge in [0.05, 0.1) is 18.3 Å². The van der Waals surface area contributed by atoms with Gasteiger partial charge in [0.15, 0.2) is 0 Å². The molecule has 0 aliphatic carbocycles. The molecule has 13 heavy (non-hydrogen) atoms. The number of hydrogen-bond acceptors (Lipinski definition) is 2. The van der Waals surface area contributed by atoms with Crippen molar-refractivity contribution in [3.8, 4) is 0 Å². The van der Waals surface area contributed by atoms with Gasteiger partial charge in [-0.25, -0.2) is 0 Å². The maximum atomic E-state index is 5.93. The second kappa shape index (κ2) is 2.99. The summed E-state index contributed by atoms with van der Waals surface area (Å²) >= 11 is 0. The van der Waals surface area contributed by atoms with Gasteiger partial charge < -0.3 is 9.47 Å². The third kappa shape index (κ3) is 1.10. The van der Waals surface area contributed by atoms with E-state index in [0.29, 0.717) is 11.8 Å². The van der Waals surface area contributed by atoms with Crippen LogP contribution in [0.1, 0.15) is 27.2 Å². The molecule has 3 heteroatoms. The second-order valence-electron chi connectivity index (χ2n) is 4.32. The van der Waals surface area contributed by atoms with E-state index < -0.39 is 0 Å². The molecule has 0 saturated carbocycles. The van der Waals surface area contributed by atoms with Crippen molar-refractivity contribution in [1.82, 2.24) is 0 Å². The Morgan fingerprint density at radius 3 is 2.69 bits per heavy atom. The van der Waals surface area contributed by atoms with E-state index in [-0.39, 0.29) is 17.7 Å². The van der Waals surface area contributed by atoms with Gasteiger partial charge in [-0.2, -0.15) is 0 Å². The fourth-order valence-corrected chi connectivity index (χ4v) is 2.89. The highest BCUT2D eigenvalue weighted by Crippen LogP contribution is 2.48. The zero-order chi connectivity index (χ0) is 9.64. The molecule has 2 aliphatic heterocycles. The minimum atomic E-state index is -0.125. The summed E-state index contributed by atoms with van der Waals surface area (Å²) in [5, 5.41) is 0. The van der Waals surface area contributed by atoms with E-state index in [2.05, 4.69) is 20.8 Å². The van der Waals surface area contributed by atoms with Gasteiger partial charge in [-0.15, -0.1) is 0 Å². The summed E-state index contributed by atoms with van der Waals surface area (Å²) in [4.78, 5) is 0. The van der Waals surface area contributed by atoms with Crippen LogP contribution in [-0.2, 0) is 9.47 Å². The van der Waals surface area contributed by atoms with Gasteiger partial charge in [0.25, 0.3) is 0 Å². The van der Waals surface area contributed by atoms with Crippen LogP contribution in [0.3, 0.4) is 0 Å². The van der Waals surface area contributed by atoms with Gasteiger partial charge in [-0.3, -0.25) is 0 Å². The van der Waals surface area contributed by atoms with Crippen LogP contribution in [0.2, 0.25) is 0 Å². The zero-order valence-electron chi connectivity index (χ0n) is 8.62. The van der Waals surface area contributed by atoms with Crippen LogP contribution < -0.4 is 0 Å². The maximum absolute atomic E-state index is 5.93. The van der Waals surface area contributed by atoms with Gasteiger partial charge in [0.1, 0.15) is 7.85 Å². The molecule has 2 aliphatic rings. The molecular formula is C10H17BO2. The van der Waals surface area contributed by atoms with Crippen molar-refractivity contribution in [2.24, 2.45) is 11.8 Å². The van der Waals surface area contributed by atoms with Gasteiger partial charge in [0.2, 0.25) is 0 Å². The Morgan fingerprint density at radius 1 is 1.46 bits per heavy atom. The Bertz CT molecular complexity index is 209. The molecule has 2 fully saturated rings. The van der Waals surface area contributed by atoms with Gasteiger partial charge in [-0.05, 0) is 19.3 Å². The van der Waals surface area contributed by atoms with Gasteiger partial charge in [0, 0.05) is 11.9 Å². The largest absolute Gasteiger partial charge is 0.378 e. The minimum Gasteiger partial charge on any atom is -0.378 e. The Labute approximate surface area is 81.4 Å². The molecule has 72 valence electrons. The van der Waals surface area contributed by atoms with Gasteiger partial charge >= 0.3 is 0 Å². The molecular weight excluding hydrogens is 163 g/mol. The highest BCUT2D eigenvalue weighted by Gasteiger charge is 2.56. The molecule has 2 saturated heterocycles. The molecule has 0 N–H and O–H groups in total. The van der Waals surface area contributed by atoms with Gasteiger partial charge in [-0.1, -0.05) is 13.8 Å². The number of ether oxygens (including phenoxy) is 2. The molecule has 2 rings (SSSR count). The molecule has 1 unspecified atom stereocenters. The summed E-state index contributed by atoms with van der Waals surface area (Å²) in [5.41, 5.74) is -0.123. The monoisotopic (exact) mass is 180 g/mol. The summed E-state index contributed by atoms with van der Waals surface area (Å²) in [6, 6.07) is -0.125. The summed E-state index contributed by atoms with van der Waals surface area (Å²) < 4.78 is 11.6. The fraction of sp³-hybridized carbons (Fsp3) is 1.00. The molecule has 0 aromatic carbocycles. The zero-order valence-corrected chi connectivity index (χ0v) is 8.62. The van der Waals surface area contributed by atoms with Crippen LogP contribution in [0.25, 0.3) is 0 Å². The standard InChI is InChI=1S/C10H17BO2/c1-4-10-6(2)8(9(11)13-10)5-12-7(10)3/h6-9H,4-5H2,1-3H3/t6?,7-,8-,9+,10+/m0/s1. The molecule has 5 atom stereocenters. The maximum Gasteiger partial charge on any atom is 0.109 e. The molecule has 2 nitrogen and oxygen atoms in total. The van der Waals surface area contributed by atoms with E-state index in [4.69, 9.17) is 17.3 Å². The van der Waals surface area contributed by atoms with E-state index in [1.54, 1.807) is 0 Å². The molecule has 2 bridgehead atoms. The highest BCUT2D eigenvalue weighted by molar-refractivity contribution is 6.11. The van der Waals surface area contributed by atoms with Crippen LogP contribution in [0.5, 0.6) is 0 Å². The number of fused-ring (bicyclic) bond motifs is 2. The highest BCUT2D eigenvalue weighted by atomic mass is 16.6. The number of rotatable bonds is 1. The SMILES string of the molecule is [B][C@@H]1O[C@]2(CC)C(C)[C@@H]1CO[C@H]2C. The third-order valence-electron chi connectivity index (χ3n) is 3.97. The first kappa shape index (κ1) is 9.54. The topological polar surface area (TPSA) is 18.5 Å². The first-order valence-corrected chi connectivity index (χ1v) is 5.17. The lowest BCUT2D eigenvalue weighted by molar-refractivity contribution is -0.145. The van der Waals surface area contributed by atoms with Crippen molar-refractivity contribution in [3.63, 3.8) is 0 Å². The van der Waals surface area contributed by atoms with Crippen molar-refractivity contribution in [2.45, 2.75) is 44.9 Å². The lowest BCUT2D eigenvalue weighted by atomic mass is 9.72. The first-order chi connectivity index (χ1) is 6.12. The van der Waals surface area contributed by atoms with Crippen molar-refractivity contribution >= 4 is 7.85 Å². The quantitative estimate of drug-likeness (QED) is 0.566. The molecule has 0 amide bonds. The Hall–Kier alpha value is -0.0151. The molecule has 2 radical (unpaired) electrons. The van der Waals surface area contributed by atoms with Crippen molar-refractivity contribution in [2.75, 3.05) is 6.61 Å². The van der Waals surface area contributed by atoms with Crippen LogP contribution >= 0.6 is 0 Å². The molecule has 2 heterocycles. The van der Waals surface area contributed by atoms with Crippen LogP contribution in [-0.4, -0.2) is 32.2 Å². The van der Waals surface area contributed by atoms with E-state index in [0.717, 1.165) is 13.0 Å². The van der Waals surface area contributed by atoms with Crippen LogP contribution in [0.4, 0.5) is 0 Å². The lowest BCUT2D eigenvalue weighted by Gasteiger charge is -2.41. The normalized spacial score (nSPS) is 55.3. The van der Waals surface area contributed by atoms with Crippen molar-refractivity contribution in [3.05, 3.63) is 0 Å². The average Bonchev–Trinajstić information content (AvgIpc) is 2.26. The van der Waals surface area contributed by atoms with E-state index >= 15 is 0 Å². The predicted molar refractivity (Wildman–Crippen MR) is 51.7 cm³/mol. The smallest absolute Gasteiger partial charge is 0.109 e. The van der Waals surface area contributed by atoms with Crippen molar-refractivity contribution < 1.29 is 9.47 Å². The Balaban J connectivity index is 2.30. The molecule has 0 aromatic rings. The van der Waals surface area contributed by atoms with Crippen molar-refractivity contribution in [1.29, 1.82) is 0 Å². The average molecular weight is 180 g/mol. The summed E-state index contributed by atoms with van der Waals surface area (Å²) in [6.07, 6.45) is 1.16. The number of hydrogen-bond donors (Lipinski definition) is 0. The summed E-state index contributed by atoms with van der Waals surface area (Å²) in [5.74, 6) is 0.910. The lowest BCUT2D eigenvalue weighted by Crippen LogP contribution is -2.50.